The van der Waals surface area contributed by atoms with E-state index in [1.54, 1.807) is 34.0 Å². The van der Waals surface area contributed by atoms with Crippen LogP contribution >= 0.6 is 0 Å². The largest absolute Gasteiger partial charge is 0.443 e. The van der Waals surface area contributed by atoms with Crippen molar-refractivity contribution < 1.29 is 17.9 Å². The van der Waals surface area contributed by atoms with Crippen LogP contribution in [-0.2, 0) is 22.0 Å². The number of piperidine rings is 1. The summed E-state index contributed by atoms with van der Waals surface area (Å²) in [4.78, 5) is 14.1. The molecule has 2 heterocycles. The maximum absolute atomic E-state index is 12.9. The third-order valence-electron chi connectivity index (χ3n) is 3.75. The van der Waals surface area contributed by atoms with Crippen LogP contribution in [0.2, 0.25) is 0 Å². The maximum Gasteiger partial charge on any atom is 0.422 e. The second-order valence-corrected chi connectivity index (χ2v) is 8.88. The molecule has 1 aromatic rings. The van der Waals surface area contributed by atoms with E-state index in [-0.39, 0.29) is 6.04 Å². The van der Waals surface area contributed by atoms with Crippen LogP contribution in [0.3, 0.4) is 0 Å². The summed E-state index contributed by atoms with van der Waals surface area (Å²) in [6.45, 7) is 6.51. The lowest BCUT2D eigenvalue weighted by atomic mass is 10.1. The number of ether oxygens (including phenoxy) is 1. The highest BCUT2D eigenvalue weighted by molar-refractivity contribution is 7.91. The van der Waals surface area contributed by atoms with E-state index in [4.69, 9.17) is 4.74 Å². The lowest BCUT2D eigenvalue weighted by Crippen LogP contribution is -2.54. The van der Waals surface area contributed by atoms with Crippen molar-refractivity contribution >= 4 is 22.0 Å². The van der Waals surface area contributed by atoms with Gasteiger partial charge in [0.2, 0.25) is 0 Å². The Balaban J connectivity index is 2.29. The predicted molar refractivity (Wildman–Crippen MR) is 94.5 cm³/mol. The number of rotatable bonds is 4. The van der Waals surface area contributed by atoms with Gasteiger partial charge in [-0.05, 0) is 47.2 Å². The zero-order valence-electron chi connectivity index (χ0n) is 15.4. The van der Waals surface area contributed by atoms with Gasteiger partial charge in [0.1, 0.15) is 5.60 Å². The molecule has 25 heavy (non-hydrogen) atoms. The number of likely N-dealkylation sites (N-methyl/N-ethyl adjacent to an activating group) is 1. The molecule has 0 saturated carbocycles. The second kappa shape index (κ2) is 7.20. The molecule has 2 rings (SSSR count). The van der Waals surface area contributed by atoms with Crippen LogP contribution in [0.5, 0.6) is 0 Å². The van der Waals surface area contributed by atoms with Gasteiger partial charge in [0.25, 0.3) is 0 Å². The summed E-state index contributed by atoms with van der Waals surface area (Å²) in [5.41, 5.74) is -0.372. The summed E-state index contributed by atoms with van der Waals surface area (Å²) < 4.78 is 35.7. The third kappa shape index (κ3) is 5.33. The molecule has 142 valence electrons. The lowest BCUT2D eigenvalue weighted by molar-refractivity contribution is 0.0570. The van der Waals surface area contributed by atoms with Gasteiger partial charge in [-0.3, -0.25) is 4.68 Å². The van der Waals surface area contributed by atoms with Gasteiger partial charge in [0.15, 0.2) is 0 Å². The number of nitrogens with zero attached hydrogens (tertiary/aromatic N) is 4. The van der Waals surface area contributed by atoms with Crippen LogP contribution in [0.1, 0.15) is 33.6 Å². The molecule has 1 aromatic heterocycles. The number of hydrogen-bond acceptors (Lipinski definition) is 6. The predicted octanol–water partition coefficient (Wildman–Crippen LogP) is 1.09. The number of aryl methyl sites for hydroxylation is 1. The van der Waals surface area contributed by atoms with E-state index < -0.39 is 21.9 Å². The molecule has 1 N–H and O–H groups in total. The molecular weight excluding hydrogens is 346 g/mol. The zero-order valence-corrected chi connectivity index (χ0v) is 16.2. The quantitative estimate of drug-likeness (QED) is 0.849. The summed E-state index contributed by atoms with van der Waals surface area (Å²) in [5, 5.41) is 4.06. The smallest absolute Gasteiger partial charge is 0.422 e. The highest BCUT2D eigenvalue weighted by atomic mass is 32.2. The Hall–Kier alpha value is -1.81. The van der Waals surface area contributed by atoms with Gasteiger partial charge in [0, 0.05) is 19.8 Å². The molecule has 1 amide bonds. The minimum absolute atomic E-state index is 0.289. The van der Waals surface area contributed by atoms with Gasteiger partial charge in [-0.15, -0.1) is 0 Å². The van der Waals surface area contributed by atoms with E-state index in [0.717, 1.165) is 13.0 Å². The SMILES string of the molecule is CN1CCCC(N(c2cnn(C)c2)S(=O)(=O)NC(=O)OC(C)(C)C)C1. The average molecular weight is 373 g/mol. The van der Waals surface area contributed by atoms with Crippen molar-refractivity contribution in [3.8, 4) is 0 Å². The molecule has 1 aliphatic rings. The molecule has 1 aliphatic heterocycles. The van der Waals surface area contributed by atoms with Gasteiger partial charge in [0.05, 0.1) is 17.9 Å². The van der Waals surface area contributed by atoms with Crippen molar-refractivity contribution in [3.63, 3.8) is 0 Å². The van der Waals surface area contributed by atoms with E-state index in [2.05, 4.69) is 10.00 Å². The molecule has 9 nitrogen and oxygen atoms in total. The van der Waals surface area contributed by atoms with Crippen LogP contribution in [0.4, 0.5) is 10.5 Å². The normalized spacial score (nSPS) is 19.5. The maximum atomic E-state index is 12.9. The van der Waals surface area contributed by atoms with Gasteiger partial charge in [-0.2, -0.15) is 13.5 Å². The van der Waals surface area contributed by atoms with Crippen LogP contribution in [-0.4, -0.2) is 61.0 Å². The molecule has 1 unspecified atom stereocenters. The summed E-state index contributed by atoms with van der Waals surface area (Å²) in [7, 11) is -0.471. The first kappa shape index (κ1) is 19.5. The van der Waals surface area contributed by atoms with Crippen molar-refractivity contribution in [1.29, 1.82) is 0 Å². The van der Waals surface area contributed by atoms with E-state index >= 15 is 0 Å². The van der Waals surface area contributed by atoms with Crippen molar-refractivity contribution in [2.75, 3.05) is 24.4 Å². The Morgan fingerprint density at radius 2 is 2.08 bits per heavy atom. The lowest BCUT2D eigenvalue weighted by Gasteiger charge is -2.37. The van der Waals surface area contributed by atoms with E-state index in [0.29, 0.717) is 18.7 Å². The number of amides is 1. The number of likely N-dealkylation sites (tertiary alicyclic amines) is 1. The van der Waals surface area contributed by atoms with Crippen LogP contribution in [0, 0.1) is 0 Å². The van der Waals surface area contributed by atoms with Gasteiger partial charge in [-0.25, -0.2) is 13.8 Å². The summed E-state index contributed by atoms with van der Waals surface area (Å²) in [6, 6.07) is -0.289. The first-order valence-corrected chi connectivity index (χ1v) is 9.64. The molecule has 1 saturated heterocycles. The average Bonchev–Trinajstić information content (AvgIpc) is 2.81. The molecule has 0 aliphatic carbocycles. The third-order valence-corrected chi connectivity index (χ3v) is 5.20. The zero-order chi connectivity index (χ0) is 18.8. The molecule has 10 heteroatoms. The number of anilines is 1. The topological polar surface area (TPSA) is 96.8 Å². The first-order chi connectivity index (χ1) is 11.5. The van der Waals surface area contributed by atoms with Crippen molar-refractivity contribution in [2.45, 2.75) is 45.3 Å². The fourth-order valence-corrected chi connectivity index (χ4v) is 4.14. The number of carbonyl (C=O) groups is 1. The number of carbonyl (C=O) groups excluding carboxylic acids is 1. The molecular formula is C15H27N5O4S. The Morgan fingerprint density at radius 3 is 2.60 bits per heavy atom. The minimum Gasteiger partial charge on any atom is -0.443 e. The minimum atomic E-state index is -4.13. The molecule has 0 spiro atoms. The molecule has 1 fully saturated rings. The van der Waals surface area contributed by atoms with Crippen molar-refractivity contribution in [3.05, 3.63) is 12.4 Å². The van der Waals surface area contributed by atoms with Gasteiger partial charge in [-0.1, -0.05) is 0 Å². The molecule has 0 bridgehead atoms. The summed E-state index contributed by atoms with van der Waals surface area (Å²) in [6.07, 6.45) is 3.67. The highest BCUT2D eigenvalue weighted by Crippen LogP contribution is 2.25. The first-order valence-electron chi connectivity index (χ1n) is 8.20. The second-order valence-electron chi connectivity index (χ2n) is 7.34. The Kier molecular flexibility index (Phi) is 5.62. The molecule has 1 atom stereocenters. The van der Waals surface area contributed by atoms with Crippen LogP contribution in [0.25, 0.3) is 0 Å². The highest BCUT2D eigenvalue weighted by Gasteiger charge is 2.35. The summed E-state index contributed by atoms with van der Waals surface area (Å²) >= 11 is 0. The Morgan fingerprint density at radius 1 is 1.40 bits per heavy atom. The van der Waals surface area contributed by atoms with E-state index in [1.807, 2.05) is 11.8 Å². The van der Waals surface area contributed by atoms with Crippen molar-refractivity contribution in [1.82, 2.24) is 19.4 Å². The summed E-state index contributed by atoms with van der Waals surface area (Å²) in [5.74, 6) is 0. The fraction of sp³-hybridized carbons (Fsp3) is 0.733. The number of hydrogen-bond donors (Lipinski definition) is 1. The Bertz CT molecular complexity index is 710. The standard InChI is InChI=1S/C15H27N5O4S/c1-15(2,3)24-14(21)17-25(22,23)20(13-9-16-19(5)11-13)12-7-6-8-18(4)10-12/h9,11-12H,6-8,10H2,1-5H3,(H,17,21). The fourth-order valence-electron chi connectivity index (χ4n) is 2.85. The molecule has 0 radical (unpaired) electrons. The monoisotopic (exact) mass is 373 g/mol. The van der Waals surface area contributed by atoms with Crippen LogP contribution < -0.4 is 9.03 Å². The van der Waals surface area contributed by atoms with Crippen LogP contribution in [0.15, 0.2) is 12.4 Å². The Labute approximate surface area is 149 Å². The molecule has 0 aromatic carbocycles. The number of nitrogens with one attached hydrogen (secondary N) is 1. The van der Waals surface area contributed by atoms with Gasteiger partial charge >= 0.3 is 16.3 Å². The van der Waals surface area contributed by atoms with E-state index in [1.165, 1.54) is 15.2 Å². The van der Waals surface area contributed by atoms with E-state index in [9.17, 15) is 13.2 Å². The van der Waals surface area contributed by atoms with Crippen molar-refractivity contribution in [2.24, 2.45) is 7.05 Å². The number of aromatic nitrogens is 2. The van der Waals surface area contributed by atoms with Gasteiger partial charge < -0.3 is 9.64 Å².